The molecule has 0 aliphatic rings. The van der Waals surface area contributed by atoms with Gasteiger partial charge in [-0.1, -0.05) is 19.8 Å². The largest absolute Gasteiger partial charge is 0.366 e. The Morgan fingerprint density at radius 1 is 1.29 bits per heavy atom. The lowest BCUT2D eigenvalue weighted by atomic mass is 10.1. The van der Waals surface area contributed by atoms with Crippen molar-refractivity contribution in [2.75, 3.05) is 19.9 Å². The average Bonchev–Trinajstić information content (AvgIpc) is 2.15. The molecule has 0 aromatic heterocycles. The summed E-state index contributed by atoms with van der Waals surface area (Å²) in [5, 5.41) is 3.25. The van der Waals surface area contributed by atoms with Crippen LogP contribution in [0.25, 0.3) is 0 Å². The van der Waals surface area contributed by atoms with E-state index in [0.717, 1.165) is 26.0 Å². The highest BCUT2D eigenvalue weighted by Crippen LogP contribution is 1.96. The predicted molar refractivity (Wildman–Crippen MR) is 61.2 cm³/mol. The number of unbranched alkanes of at least 4 members (excludes halogenated alkanes) is 2. The van der Waals surface area contributed by atoms with E-state index >= 15 is 0 Å². The minimum atomic E-state index is 0.343. The Bertz CT molecular complexity index is 107. The van der Waals surface area contributed by atoms with Gasteiger partial charge in [0.2, 0.25) is 0 Å². The molecule has 0 aliphatic heterocycles. The zero-order valence-corrected chi connectivity index (χ0v) is 9.72. The van der Waals surface area contributed by atoms with Crippen LogP contribution >= 0.6 is 0 Å². The van der Waals surface area contributed by atoms with Crippen LogP contribution in [0.5, 0.6) is 0 Å². The van der Waals surface area contributed by atoms with E-state index in [2.05, 4.69) is 19.2 Å². The van der Waals surface area contributed by atoms with Gasteiger partial charge in [-0.2, -0.15) is 0 Å². The molecule has 0 aliphatic carbocycles. The normalized spacial score (nSPS) is 13.1. The van der Waals surface area contributed by atoms with E-state index in [9.17, 15) is 0 Å². The quantitative estimate of drug-likeness (QED) is 0.420. The van der Waals surface area contributed by atoms with Gasteiger partial charge >= 0.3 is 0 Å². The molecule has 14 heavy (non-hydrogen) atoms. The van der Waals surface area contributed by atoms with E-state index in [4.69, 9.17) is 10.5 Å². The molecule has 0 saturated heterocycles. The summed E-state index contributed by atoms with van der Waals surface area (Å²) >= 11 is 0. The second-order valence-electron chi connectivity index (χ2n) is 3.88. The summed E-state index contributed by atoms with van der Waals surface area (Å²) < 4.78 is 5.37. The van der Waals surface area contributed by atoms with Crippen molar-refractivity contribution in [1.82, 2.24) is 5.32 Å². The lowest BCUT2D eigenvalue weighted by Crippen LogP contribution is -2.20. The van der Waals surface area contributed by atoms with Crippen molar-refractivity contribution in [2.45, 2.75) is 52.0 Å². The molecule has 0 amide bonds. The lowest BCUT2D eigenvalue weighted by Gasteiger charge is -2.06. The molecule has 0 rings (SSSR count). The van der Waals surface area contributed by atoms with Crippen LogP contribution in [0, 0.1) is 0 Å². The standard InChI is InChI=1S/C11H26N2O/c1-3-4-9-14-10-13-8-6-5-7-11(2)12/h11,13H,3-10,12H2,1-2H3. The van der Waals surface area contributed by atoms with Gasteiger partial charge in [0.25, 0.3) is 0 Å². The first-order valence-corrected chi connectivity index (χ1v) is 5.81. The molecular formula is C11H26N2O. The highest BCUT2D eigenvalue weighted by Gasteiger charge is 1.93. The highest BCUT2D eigenvalue weighted by molar-refractivity contribution is 4.53. The summed E-state index contributed by atoms with van der Waals surface area (Å²) in [6, 6.07) is 0.343. The Balaban J connectivity index is 2.85. The van der Waals surface area contributed by atoms with E-state index in [0.29, 0.717) is 12.8 Å². The molecule has 3 N–H and O–H groups in total. The average molecular weight is 202 g/mol. The maximum atomic E-state index is 5.64. The van der Waals surface area contributed by atoms with Crippen molar-refractivity contribution in [3.05, 3.63) is 0 Å². The minimum absolute atomic E-state index is 0.343. The Labute approximate surface area is 88.4 Å². The first-order valence-electron chi connectivity index (χ1n) is 5.81. The SMILES string of the molecule is CCCCOCNCCCCC(C)N. The fourth-order valence-corrected chi connectivity index (χ4v) is 1.18. The number of hydrogen-bond donors (Lipinski definition) is 2. The smallest absolute Gasteiger partial charge is 0.0965 e. The summed E-state index contributed by atoms with van der Waals surface area (Å²) in [5.74, 6) is 0. The van der Waals surface area contributed by atoms with Gasteiger partial charge in [-0.05, 0) is 32.7 Å². The fourth-order valence-electron chi connectivity index (χ4n) is 1.18. The van der Waals surface area contributed by atoms with Crippen LogP contribution in [-0.4, -0.2) is 25.9 Å². The van der Waals surface area contributed by atoms with Crippen LogP contribution in [0.2, 0.25) is 0 Å². The third-order valence-electron chi connectivity index (χ3n) is 2.11. The monoisotopic (exact) mass is 202 g/mol. The second kappa shape index (κ2) is 11.0. The molecular weight excluding hydrogens is 176 g/mol. The van der Waals surface area contributed by atoms with E-state index in [1.165, 1.54) is 19.3 Å². The summed E-state index contributed by atoms with van der Waals surface area (Å²) in [6.07, 6.45) is 5.89. The predicted octanol–water partition coefficient (Wildman–Crippen LogP) is 1.87. The van der Waals surface area contributed by atoms with Gasteiger partial charge in [-0.15, -0.1) is 0 Å². The van der Waals surface area contributed by atoms with Crippen molar-refractivity contribution in [2.24, 2.45) is 5.73 Å². The molecule has 0 heterocycles. The van der Waals surface area contributed by atoms with Crippen molar-refractivity contribution in [3.63, 3.8) is 0 Å². The Hall–Kier alpha value is -0.120. The second-order valence-corrected chi connectivity index (χ2v) is 3.88. The summed E-state index contributed by atoms with van der Waals surface area (Å²) in [5.41, 5.74) is 5.64. The van der Waals surface area contributed by atoms with Crippen molar-refractivity contribution >= 4 is 0 Å². The first-order chi connectivity index (χ1) is 6.77. The number of rotatable bonds is 10. The molecule has 0 aromatic carbocycles. The first kappa shape index (κ1) is 13.9. The van der Waals surface area contributed by atoms with Crippen LogP contribution in [0.4, 0.5) is 0 Å². The Morgan fingerprint density at radius 2 is 2.07 bits per heavy atom. The topological polar surface area (TPSA) is 47.3 Å². The van der Waals surface area contributed by atoms with Crippen molar-refractivity contribution in [1.29, 1.82) is 0 Å². The fraction of sp³-hybridized carbons (Fsp3) is 1.00. The molecule has 0 fully saturated rings. The number of ether oxygens (including phenoxy) is 1. The highest BCUT2D eigenvalue weighted by atomic mass is 16.5. The molecule has 0 saturated carbocycles. The van der Waals surface area contributed by atoms with Crippen molar-refractivity contribution < 1.29 is 4.74 Å². The van der Waals surface area contributed by atoms with Gasteiger partial charge in [0, 0.05) is 12.6 Å². The Kier molecular flexibility index (Phi) is 10.9. The van der Waals surface area contributed by atoms with Crippen LogP contribution in [0.15, 0.2) is 0 Å². The molecule has 0 bridgehead atoms. The molecule has 0 spiro atoms. The molecule has 3 nitrogen and oxygen atoms in total. The maximum Gasteiger partial charge on any atom is 0.0965 e. The molecule has 0 aromatic rings. The van der Waals surface area contributed by atoms with Crippen LogP contribution in [-0.2, 0) is 4.74 Å². The van der Waals surface area contributed by atoms with E-state index in [1.807, 2.05) is 0 Å². The van der Waals surface area contributed by atoms with Crippen molar-refractivity contribution in [3.8, 4) is 0 Å². The molecule has 3 heteroatoms. The Morgan fingerprint density at radius 3 is 2.71 bits per heavy atom. The molecule has 86 valence electrons. The third-order valence-corrected chi connectivity index (χ3v) is 2.11. The summed E-state index contributed by atoms with van der Waals surface area (Å²) in [7, 11) is 0. The van der Waals surface area contributed by atoms with Gasteiger partial charge in [0.1, 0.15) is 0 Å². The zero-order chi connectivity index (χ0) is 10.6. The van der Waals surface area contributed by atoms with E-state index in [-0.39, 0.29) is 0 Å². The minimum Gasteiger partial charge on any atom is -0.366 e. The van der Waals surface area contributed by atoms with Gasteiger partial charge in [-0.25, -0.2) is 0 Å². The molecule has 1 unspecified atom stereocenters. The zero-order valence-electron chi connectivity index (χ0n) is 9.72. The molecule has 0 radical (unpaired) electrons. The number of nitrogens with two attached hydrogens (primary N) is 1. The number of nitrogens with one attached hydrogen (secondary N) is 1. The van der Waals surface area contributed by atoms with Crippen LogP contribution in [0.3, 0.4) is 0 Å². The van der Waals surface area contributed by atoms with E-state index in [1.54, 1.807) is 0 Å². The van der Waals surface area contributed by atoms with Crippen LogP contribution < -0.4 is 11.1 Å². The maximum absolute atomic E-state index is 5.64. The van der Waals surface area contributed by atoms with E-state index < -0.39 is 0 Å². The third kappa shape index (κ3) is 11.9. The van der Waals surface area contributed by atoms with Gasteiger partial charge < -0.3 is 10.5 Å². The van der Waals surface area contributed by atoms with Gasteiger partial charge in [0.05, 0.1) is 6.73 Å². The summed E-state index contributed by atoms with van der Waals surface area (Å²) in [4.78, 5) is 0. The van der Waals surface area contributed by atoms with Crippen LogP contribution in [0.1, 0.15) is 46.0 Å². The number of hydrogen-bond acceptors (Lipinski definition) is 3. The summed E-state index contributed by atoms with van der Waals surface area (Å²) in [6.45, 7) is 6.84. The van der Waals surface area contributed by atoms with Gasteiger partial charge in [-0.3, -0.25) is 5.32 Å². The molecule has 1 atom stereocenters. The van der Waals surface area contributed by atoms with Gasteiger partial charge in [0.15, 0.2) is 0 Å². The lowest BCUT2D eigenvalue weighted by molar-refractivity contribution is 0.114.